The van der Waals surface area contributed by atoms with Gasteiger partial charge in [-0.2, -0.15) is 0 Å². The minimum Gasteiger partial charge on any atom is -0.314 e. The van der Waals surface area contributed by atoms with Gasteiger partial charge in [0, 0.05) is 37.8 Å². The molecule has 0 bridgehead atoms. The van der Waals surface area contributed by atoms with Crippen molar-refractivity contribution in [3.8, 4) is 0 Å². The Hall–Kier alpha value is -1.00. The fourth-order valence-electron chi connectivity index (χ4n) is 2.92. The Bertz CT molecular complexity index is 397. The third-order valence-corrected chi connectivity index (χ3v) is 4.01. The molecule has 1 aliphatic heterocycles. The Labute approximate surface area is 120 Å². The van der Waals surface area contributed by atoms with Gasteiger partial charge in [-0.25, -0.2) is 8.78 Å². The predicted molar refractivity (Wildman–Crippen MR) is 77.7 cm³/mol. The van der Waals surface area contributed by atoms with Gasteiger partial charge >= 0.3 is 0 Å². The summed E-state index contributed by atoms with van der Waals surface area (Å²) in [4.78, 5) is 2.22. The molecule has 2 nitrogen and oxygen atoms in total. The van der Waals surface area contributed by atoms with Crippen LogP contribution in [-0.2, 0) is 0 Å². The van der Waals surface area contributed by atoms with Crippen LogP contribution in [-0.4, -0.2) is 31.1 Å². The van der Waals surface area contributed by atoms with E-state index in [0.29, 0.717) is 0 Å². The first kappa shape index (κ1) is 15.4. The second kappa shape index (κ2) is 7.70. The Balaban J connectivity index is 2.20. The average molecular weight is 282 g/mol. The molecule has 1 aliphatic rings. The summed E-state index contributed by atoms with van der Waals surface area (Å²) in [5.41, 5.74) is 0.255. The highest BCUT2D eigenvalue weighted by Gasteiger charge is 2.26. The lowest BCUT2D eigenvalue weighted by atomic mass is 9.97. The van der Waals surface area contributed by atoms with Gasteiger partial charge in [0.05, 0.1) is 0 Å². The lowest BCUT2D eigenvalue weighted by Gasteiger charge is -2.35. The molecule has 1 aromatic carbocycles. The van der Waals surface area contributed by atoms with Crippen LogP contribution in [0.15, 0.2) is 18.2 Å². The van der Waals surface area contributed by atoms with Crippen molar-refractivity contribution in [1.82, 2.24) is 10.2 Å². The Morgan fingerprint density at radius 2 is 1.80 bits per heavy atom. The molecule has 1 N–H and O–H groups in total. The minimum atomic E-state index is -0.412. The smallest absolute Gasteiger partial charge is 0.130 e. The zero-order chi connectivity index (χ0) is 14.4. The van der Waals surface area contributed by atoms with E-state index in [2.05, 4.69) is 17.1 Å². The Morgan fingerprint density at radius 1 is 1.15 bits per heavy atom. The number of benzene rings is 1. The molecule has 1 atom stereocenters. The summed E-state index contributed by atoms with van der Waals surface area (Å²) in [6.45, 7) is 5.62. The second-order valence-corrected chi connectivity index (χ2v) is 5.43. The van der Waals surface area contributed by atoms with Gasteiger partial charge in [0.25, 0.3) is 0 Å². The quantitative estimate of drug-likeness (QED) is 0.803. The molecule has 0 amide bonds. The largest absolute Gasteiger partial charge is 0.314 e. The number of rotatable bonds is 6. The molecule has 112 valence electrons. The zero-order valence-corrected chi connectivity index (χ0v) is 12.2. The maximum absolute atomic E-state index is 14.1. The molecule has 1 fully saturated rings. The fourth-order valence-corrected chi connectivity index (χ4v) is 2.92. The maximum Gasteiger partial charge on any atom is 0.130 e. The van der Waals surface area contributed by atoms with E-state index in [-0.39, 0.29) is 11.6 Å². The molecule has 4 heteroatoms. The second-order valence-electron chi connectivity index (χ2n) is 5.43. The maximum atomic E-state index is 14.1. The Morgan fingerprint density at radius 3 is 2.40 bits per heavy atom. The van der Waals surface area contributed by atoms with Crippen LogP contribution in [0.5, 0.6) is 0 Å². The first-order valence-corrected chi connectivity index (χ1v) is 7.62. The lowest BCUT2D eigenvalue weighted by Crippen LogP contribution is -2.45. The topological polar surface area (TPSA) is 15.3 Å². The van der Waals surface area contributed by atoms with Gasteiger partial charge in [0.1, 0.15) is 11.6 Å². The molecule has 0 saturated carbocycles. The first-order chi connectivity index (χ1) is 9.74. The van der Waals surface area contributed by atoms with Crippen molar-refractivity contribution >= 4 is 0 Å². The predicted octanol–water partition coefficient (Wildman–Crippen LogP) is 3.49. The van der Waals surface area contributed by atoms with E-state index in [1.54, 1.807) is 0 Å². The molecule has 1 saturated heterocycles. The van der Waals surface area contributed by atoms with Crippen molar-refractivity contribution in [3.05, 3.63) is 35.4 Å². The highest BCUT2D eigenvalue weighted by atomic mass is 19.1. The van der Waals surface area contributed by atoms with Crippen LogP contribution in [0.4, 0.5) is 8.78 Å². The standard InChI is InChI=1S/C16H24F2N2/c1-2-3-4-8-15(20-11-9-19-10-12-20)16-13(17)6-5-7-14(16)18/h5-7,15,19H,2-4,8-12H2,1H3/t15-/m0/s1. The molecule has 1 aromatic rings. The van der Waals surface area contributed by atoms with E-state index in [1.807, 2.05) is 0 Å². The number of unbranched alkanes of at least 4 members (excludes halogenated alkanes) is 2. The van der Waals surface area contributed by atoms with Gasteiger partial charge in [-0.15, -0.1) is 0 Å². The summed E-state index contributed by atoms with van der Waals surface area (Å²) >= 11 is 0. The van der Waals surface area contributed by atoms with E-state index in [9.17, 15) is 8.78 Å². The van der Waals surface area contributed by atoms with Crippen molar-refractivity contribution in [2.45, 2.75) is 38.6 Å². The van der Waals surface area contributed by atoms with Crippen molar-refractivity contribution in [2.24, 2.45) is 0 Å². The number of nitrogens with one attached hydrogen (secondary N) is 1. The van der Waals surface area contributed by atoms with E-state index < -0.39 is 11.6 Å². The lowest BCUT2D eigenvalue weighted by molar-refractivity contribution is 0.156. The van der Waals surface area contributed by atoms with Crippen molar-refractivity contribution in [1.29, 1.82) is 0 Å². The summed E-state index contributed by atoms with van der Waals surface area (Å²) in [6, 6.07) is 4.04. The van der Waals surface area contributed by atoms with E-state index in [1.165, 1.54) is 18.2 Å². The molecule has 0 spiro atoms. The molecular formula is C16H24F2N2. The van der Waals surface area contributed by atoms with Crippen LogP contribution in [0.3, 0.4) is 0 Å². The van der Waals surface area contributed by atoms with Crippen LogP contribution < -0.4 is 5.32 Å². The summed E-state index contributed by atoms with van der Waals surface area (Å²) in [7, 11) is 0. The Kier molecular flexibility index (Phi) is 5.92. The molecule has 0 radical (unpaired) electrons. The third-order valence-electron chi connectivity index (χ3n) is 4.01. The van der Waals surface area contributed by atoms with Crippen LogP contribution in [0.1, 0.15) is 44.2 Å². The third kappa shape index (κ3) is 3.76. The van der Waals surface area contributed by atoms with E-state index in [0.717, 1.165) is 51.9 Å². The van der Waals surface area contributed by atoms with Gasteiger partial charge in [-0.05, 0) is 18.6 Å². The van der Waals surface area contributed by atoms with E-state index >= 15 is 0 Å². The van der Waals surface area contributed by atoms with Gasteiger partial charge in [-0.1, -0.05) is 32.3 Å². The molecule has 0 unspecified atom stereocenters. The van der Waals surface area contributed by atoms with Crippen LogP contribution >= 0.6 is 0 Å². The monoisotopic (exact) mass is 282 g/mol. The van der Waals surface area contributed by atoms with Gasteiger partial charge in [-0.3, -0.25) is 4.90 Å². The van der Waals surface area contributed by atoms with Crippen LogP contribution in [0.25, 0.3) is 0 Å². The summed E-state index contributed by atoms with van der Waals surface area (Å²) < 4.78 is 28.2. The van der Waals surface area contributed by atoms with Gasteiger partial charge < -0.3 is 5.32 Å². The SMILES string of the molecule is CCCCC[C@@H](c1c(F)cccc1F)N1CCNCC1. The van der Waals surface area contributed by atoms with Crippen molar-refractivity contribution in [2.75, 3.05) is 26.2 Å². The summed E-state index contributed by atoms with van der Waals surface area (Å²) in [5, 5.41) is 3.29. The first-order valence-electron chi connectivity index (χ1n) is 7.62. The molecule has 20 heavy (non-hydrogen) atoms. The van der Waals surface area contributed by atoms with Crippen molar-refractivity contribution in [3.63, 3.8) is 0 Å². The zero-order valence-electron chi connectivity index (χ0n) is 12.2. The summed E-state index contributed by atoms with van der Waals surface area (Å²) in [6.07, 6.45) is 4.07. The van der Waals surface area contributed by atoms with E-state index in [4.69, 9.17) is 0 Å². The van der Waals surface area contributed by atoms with Gasteiger partial charge in [0.15, 0.2) is 0 Å². The number of hydrogen-bond acceptors (Lipinski definition) is 2. The summed E-state index contributed by atoms with van der Waals surface area (Å²) in [5.74, 6) is -0.824. The number of hydrogen-bond donors (Lipinski definition) is 1. The molecule has 0 aliphatic carbocycles. The van der Waals surface area contributed by atoms with Crippen LogP contribution in [0.2, 0.25) is 0 Å². The van der Waals surface area contributed by atoms with Crippen molar-refractivity contribution < 1.29 is 8.78 Å². The highest BCUT2D eigenvalue weighted by Crippen LogP contribution is 2.30. The molecule has 1 heterocycles. The highest BCUT2D eigenvalue weighted by molar-refractivity contribution is 5.23. The average Bonchev–Trinajstić information content (AvgIpc) is 2.46. The number of halogens is 2. The number of piperazine rings is 1. The van der Waals surface area contributed by atoms with Crippen LogP contribution in [0, 0.1) is 11.6 Å². The number of nitrogens with zero attached hydrogens (tertiary/aromatic N) is 1. The molecular weight excluding hydrogens is 258 g/mol. The normalized spacial score (nSPS) is 18.1. The molecule has 2 rings (SSSR count). The van der Waals surface area contributed by atoms with Gasteiger partial charge in [0.2, 0.25) is 0 Å². The fraction of sp³-hybridized carbons (Fsp3) is 0.625. The minimum absolute atomic E-state index is 0.134. The molecule has 0 aromatic heterocycles.